The predicted octanol–water partition coefficient (Wildman–Crippen LogP) is 5.03. The van der Waals surface area contributed by atoms with Crippen LogP contribution in [0.15, 0.2) is 72.3 Å². The number of anilines is 1. The Hall–Kier alpha value is -3.97. The van der Waals surface area contributed by atoms with Crippen molar-refractivity contribution in [3.05, 3.63) is 99.8 Å². The molecule has 1 N–H and O–H groups in total. The molecular weight excluding hydrogens is 447 g/mol. The highest BCUT2D eigenvalue weighted by Gasteiger charge is 2.37. The van der Waals surface area contributed by atoms with Gasteiger partial charge in [-0.2, -0.15) is 0 Å². The van der Waals surface area contributed by atoms with Crippen LogP contribution in [0.25, 0.3) is 6.08 Å². The van der Waals surface area contributed by atoms with Crippen LogP contribution in [0, 0.1) is 12.7 Å². The quantitative estimate of drug-likeness (QED) is 0.424. The summed E-state index contributed by atoms with van der Waals surface area (Å²) < 4.78 is 19.2. The molecular formula is C25H18ClFN2O4. The minimum Gasteiger partial charge on any atom is -0.488 e. The van der Waals surface area contributed by atoms with Crippen molar-refractivity contribution in [2.75, 3.05) is 4.90 Å². The number of amides is 4. The van der Waals surface area contributed by atoms with Gasteiger partial charge in [0.25, 0.3) is 11.8 Å². The van der Waals surface area contributed by atoms with Crippen LogP contribution in [0.3, 0.4) is 0 Å². The highest BCUT2D eigenvalue weighted by Crippen LogP contribution is 2.30. The molecule has 166 valence electrons. The van der Waals surface area contributed by atoms with Crippen LogP contribution in [-0.2, 0) is 16.2 Å². The normalized spacial score (nSPS) is 15.1. The fraction of sp³-hybridized carbons (Fsp3) is 0.0800. The van der Waals surface area contributed by atoms with Crippen LogP contribution in [0.4, 0.5) is 14.9 Å². The van der Waals surface area contributed by atoms with Crippen LogP contribution >= 0.6 is 11.6 Å². The Balaban J connectivity index is 1.67. The van der Waals surface area contributed by atoms with E-state index in [1.807, 2.05) is 0 Å². The second kappa shape index (κ2) is 9.26. The van der Waals surface area contributed by atoms with Gasteiger partial charge in [-0.3, -0.25) is 14.9 Å². The lowest BCUT2D eigenvalue weighted by Crippen LogP contribution is -2.54. The first-order valence-electron chi connectivity index (χ1n) is 9.98. The third kappa shape index (κ3) is 4.63. The summed E-state index contributed by atoms with van der Waals surface area (Å²) >= 11 is 6.15. The summed E-state index contributed by atoms with van der Waals surface area (Å²) in [5.74, 6) is -1.59. The van der Waals surface area contributed by atoms with Crippen molar-refractivity contribution in [2.45, 2.75) is 13.5 Å². The Morgan fingerprint density at radius 3 is 2.58 bits per heavy atom. The Kier molecular flexibility index (Phi) is 6.24. The van der Waals surface area contributed by atoms with Crippen molar-refractivity contribution in [2.24, 2.45) is 0 Å². The van der Waals surface area contributed by atoms with E-state index in [9.17, 15) is 18.8 Å². The van der Waals surface area contributed by atoms with Crippen molar-refractivity contribution in [1.82, 2.24) is 5.32 Å². The first-order valence-corrected chi connectivity index (χ1v) is 10.4. The van der Waals surface area contributed by atoms with E-state index in [0.717, 1.165) is 4.90 Å². The third-order valence-electron chi connectivity index (χ3n) is 5.08. The molecule has 0 radical (unpaired) electrons. The largest absolute Gasteiger partial charge is 0.488 e. The molecule has 8 heteroatoms. The Bertz CT molecular complexity index is 1310. The molecule has 0 bridgehead atoms. The zero-order valence-electron chi connectivity index (χ0n) is 17.5. The van der Waals surface area contributed by atoms with E-state index in [0.29, 0.717) is 27.5 Å². The van der Waals surface area contributed by atoms with Crippen molar-refractivity contribution in [3.63, 3.8) is 0 Å². The van der Waals surface area contributed by atoms with Gasteiger partial charge in [0.1, 0.15) is 23.7 Å². The lowest BCUT2D eigenvalue weighted by atomic mass is 10.0. The zero-order valence-corrected chi connectivity index (χ0v) is 18.2. The number of halogens is 2. The van der Waals surface area contributed by atoms with Gasteiger partial charge in [0.05, 0.1) is 5.69 Å². The van der Waals surface area contributed by atoms with Crippen LogP contribution in [0.1, 0.15) is 16.7 Å². The monoisotopic (exact) mass is 464 g/mol. The molecule has 0 saturated carbocycles. The molecule has 6 nitrogen and oxygen atoms in total. The summed E-state index contributed by atoms with van der Waals surface area (Å²) in [5, 5.41) is 2.57. The summed E-state index contributed by atoms with van der Waals surface area (Å²) in [5.41, 5.74) is 1.63. The number of carbonyl (C=O) groups is 3. The number of barbiturate groups is 1. The van der Waals surface area contributed by atoms with Crippen molar-refractivity contribution in [1.29, 1.82) is 0 Å². The summed E-state index contributed by atoms with van der Waals surface area (Å²) in [4.78, 5) is 39.1. The van der Waals surface area contributed by atoms with Crippen molar-refractivity contribution >= 4 is 41.2 Å². The molecule has 33 heavy (non-hydrogen) atoms. The second-order valence-corrected chi connectivity index (χ2v) is 7.71. The number of hydrogen-bond acceptors (Lipinski definition) is 4. The van der Waals surface area contributed by atoms with Crippen LogP contribution < -0.4 is 15.0 Å². The summed E-state index contributed by atoms with van der Waals surface area (Å²) in [7, 11) is 0. The van der Waals surface area contributed by atoms with E-state index < -0.39 is 17.8 Å². The van der Waals surface area contributed by atoms with E-state index in [4.69, 9.17) is 16.3 Å². The van der Waals surface area contributed by atoms with Crippen molar-refractivity contribution < 1.29 is 23.5 Å². The van der Waals surface area contributed by atoms with Crippen LogP contribution in [0.2, 0.25) is 5.02 Å². The maximum absolute atomic E-state index is 13.4. The number of para-hydroxylation sites is 1. The lowest BCUT2D eigenvalue weighted by molar-refractivity contribution is -0.122. The molecule has 1 saturated heterocycles. The minimum atomic E-state index is -0.858. The summed E-state index contributed by atoms with van der Waals surface area (Å²) in [6.07, 6.45) is 1.36. The molecule has 0 spiro atoms. The Labute approximate surface area is 194 Å². The molecule has 1 heterocycles. The number of hydrogen-bond donors (Lipinski definition) is 1. The molecule has 3 aromatic rings. The summed E-state index contributed by atoms with van der Waals surface area (Å²) in [6, 6.07) is 16.7. The number of nitrogens with one attached hydrogen (secondary N) is 1. The molecule has 4 rings (SSSR count). The van der Waals surface area contributed by atoms with Crippen LogP contribution in [0.5, 0.6) is 5.75 Å². The smallest absolute Gasteiger partial charge is 0.335 e. The van der Waals surface area contributed by atoms with E-state index in [2.05, 4.69) is 5.32 Å². The number of ether oxygens (including phenoxy) is 1. The lowest BCUT2D eigenvalue weighted by Gasteiger charge is -2.27. The molecule has 0 unspecified atom stereocenters. The molecule has 1 aliphatic rings. The molecule has 0 aromatic heterocycles. The number of carbonyl (C=O) groups excluding carboxylic acids is 3. The van der Waals surface area contributed by atoms with Crippen molar-refractivity contribution in [3.8, 4) is 5.75 Å². The van der Waals surface area contributed by atoms with Gasteiger partial charge in [0.2, 0.25) is 0 Å². The fourth-order valence-corrected chi connectivity index (χ4v) is 3.56. The standard InChI is InChI=1S/C25H18ClFN2O4/c1-15-20(26)9-5-10-21(15)29-24(31)19(23(30)28-25(29)32)13-17-7-2-3-11-22(17)33-14-16-6-4-8-18(27)12-16/h2-13H,14H2,1H3,(H,28,30,32)/b19-13+. The third-order valence-corrected chi connectivity index (χ3v) is 5.49. The SMILES string of the molecule is Cc1c(Cl)cccc1N1C(=O)NC(=O)/C(=C\c2ccccc2OCc2cccc(F)c2)C1=O. The Morgan fingerprint density at radius 1 is 1.03 bits per heavy atom. The maximum atomic E-state index is 13.4. The highest BCUT2D eigenvalue weighted by molar-refractivity contribution is 6.40. The van der Waals surface area contributed by atoms with Crippen LogP contribution in [-0.4, -0.2) is 17.8 Å². The number of rotatable bonds is 5. The molecule has 3 aromatic carbocycles. The predicted molar refractivity (Wildman–Crippen MR) is 122 cm³/mol. The molecule has 1 fully saturated rings. The number of urea groups is 1. The van der Waals surface area contributed by atoms with Gasteiger partial charge in [-0.15, -0.1) is 0 Å². The first kappa shape index (κ1) is 22.2. The highest BCUT2D eigenvalue weighted by atomic mass is 35.5. The van der Waals surface area contributed by atoms with E-state index in [1.165, 1.54) is 18.2 Å². The number of nitrogens with zero attached hydrogens (tertiary/aromatic N) is 1. The topological polar surface area (TPSA) is 75.7 Å². The maximum Gasteiger partial charge on any atom is 0.335 e. The zero-order chi connectivity index (χ0) is 23.5. The molecule has 0 aliphatic carbocycles. The number of imide groups is 2. The van der Waals surface area contributed by atoms with Gasteiger partial charge >= 0.3 is 6.03 Å². The van der Waals surface area contributed by atoms with E-state index >= 15 is 0 Å². The van der Waals surface area contributed by atoms with E-state index in [1.54, 1.807) is 61.5 Å². The fourth-order valence-electron chi connectivity index (χ4n) is 3.39. The minimum absolute atomic E-state index is 0.0877. The van der Waals surface area contributed by atoms with Gasteiger partial charge < -0.3 is 4.74 Å². The van der Waals surface area contributed by atoms with Gasteiger partial charge in [-0.05, 0) is 54.5 Å². The second-order valence-electron chi connectivity index (χ2n) is 7.30. The first-order chi connectivity index (χ1) is 15.8. The average molecular weight is 465 g/mol. The molecule has 1 aliphatic heterocycles. The van der Waals surface area contributed by atoms with E-state index in [-0.39, 0.29) is 23.7 Å². The Morgan fingerprint density at radius 2 is 1.79 bits per heavy atom. The summed E-state index contributed by atoms with van der Waals surface area (Å²) in [6.45, 7) is 1.76. The molecule has 4 amide bonds. The van der Waals surface area contributed by atoms with Gasteiger partial charge in [0.15, 0.2) is 0 Å². The molecule has 0 atom stereocenters. The van der Waals surface area contributed by atoms with Gasteiger partial charge in [-0.1, -0.05) is 48.0 Å². The van der Waals surface area contributed by atoms with Gasteiger partial charge in [0, 0.05) is 10.6 Å². The average Bonchev–Trinajstić information content (AvgIpc) is 2.78. The number of benzene rings is 3. The van der Waals surface area contributed by atoms with Gasteiger partial charge in [-0.25, -0.2) is 14.1 Å².